The van der Waals surface area contributed by atoms with Crippen molar-refractivity contribution in [1.29, 1.82) is 0 Å². The van der Waals surface area contributed by atoms with Crippen molar-refractivity contribution in [3.8, 4) is 0 Å². The van der Waals surface area contributed by atoms with Gasteiger partial charge in [0.1, 0.15) is 0 Å². The largest absolute Gasteiger partial charge is 0.388 e. The summed E-state index contributed by atoms with van der Waals surface area (Å²) in [5, 5.41) is 12.5. The van der Waals surface area contributed by atoms with E-state index in [1.54, 1.807) is 6.08 Å². The molecule has 1 unspecified atom stereocenters. The van der Waals surface area contributed by atoms with Gasteiger partial charge < -0.3 is 19.9 Å². The van der Waals surface area contributed by atoms with Crippen molar-refractivity contribution < 1.29 is 14.6 Å². The highest BCUT2D eigenvalue weighted by molar-refractivity contribution is 4.86. The third-order valence-corrected chi connectivity index (χ3v) is 2.25. The molecular formula is C11H21NO3. The second-order valence-corrected chi connectivity index (χ2v) is 3.61. The van der Waals surface area contributed by atoms with Crippen LogP contribution in [0.3, 0.4) is 0 Å². The fourth-order valence-corrected chi connectivity index (χ4v) is 1.51. The Morgan fingerprint density at radius 1 is 1.47 bits per heavy atom. The van der Waals surface area contributed by atoms with Gasteiger partial charge >= 0.3 is 0 Å². The Bertz CT molecular complexity index is 179. The van der Waals surface area contributed by atoms with E-state index in [-0.39, 0.29) is 12.4 Å². The molecule has 0 aromatic carbocycles. The maximum atomic E-state index is 9.36. The van der Waals surface area contributed by atoms with E-state index in [1.807, 2.05) is 13.0 Å². The van der Waals surface area contributed by atoms with Crippen LogP contribution in [-0.2, 0) is 9.47 Å². The lowest BCUT2D eigenvalue weighted by Gasteiger charge is -2.10. The zero-order valence-corrected chi connectivity index (χ0v) is 9.32. The second kappa shape index (κ2) is 7.82. The molecule has 1 heterocycles. The minimum Gasteiger partial charge on any atom is -0.388 e. The normalized spacial score (nSPS) is 20.1. The first-order chi connectivity index (χ1) is 7.33. The molecule has 0 amide bonds. The molecule has 0 bridgehead atoms. The van der Waals surface area contributed by atoms with Gasteiger partial charge in [-0.15, -0.1) is 0 Å². The third-order valence-electron chi connectivity index (χ3n) is 2.25. The molecule has 1 aliphatic rings. The summed E-state index contributed by atoms with van der Waals surface area (Å²) in [6.07, 6.45) is 5.17. The van der Waals surface area contributed by atoms with Crippen LogP contribution in [0, 0.1) is 0 Å². The van der Waals surface area contributed by atoms with Crippen LogP contribution < -0.4 is 5.32 Å². The van der Waals surface area contributed by atoms with E-state index < -0.39 is 0 Å². The van der Waals surface area contributed by atoms with Gasteiger partial charge in [-0.05, 0) is 26.3 Å². The molecule has 0 saturated carbocycles. The van der Waals surface area contributed by atoms with Crippen LogP contribution in [0.2, 0.25) is 0 Å². The van der Waals surface area contributed by atoms with Crippen LogP contribution in [0.25, 0.3) is 0 Å². The molecule has 0 spiro atoms. The van der Waals surface area contributed by atoms with Crippen molar-refractivity contribution in [3.63, 3.8) is 0 Å². The van der Waals surface area contributed by atoms with Gasteiger partial charge in [0.2, 0.25) is 0 Å². The lowest BCUT2D eigenvalue weighted by atomic mass is 10.3. The van der Waals surface area contributed by atoms with E-state index >= 15 is 0 Å². The maximum Gasteiger partial charge on any atom is 0.157 e. The zero-order chi connectivity index (χ0) is 10.9. The number of aliphatic hydroxyl groups is 1. The van der Waals surface area contributed by atoms with Crippen LogP contribution in [-0.4, -0.2) is 43.8 Å². The van der Waals surface area contributed by atoms with E-state index in [0.29, 0.717) is 6.54 Å². The lowest BCUT2D eigenvalue weighted by Crippen LogP contribution is -2.26. The smallest absolute Gasteiger partial charge is 0.157 e. The average molecular weight is 215 g/mol. The van der Waals surface area contributed by atoms with Crippen molar-refractivity contribution in [2.75, 3.05) is 26.3 Å². The van der Waals surface area contributed by atoms with Crippen LogP contribution in [0.5, 0.6) is 0 Å². The molecule has 4 heteroatoms. The highest BCUT2D eigenvalue weighted by atomic mass is 16.7. The fraction of sp³-hybridized carbons (Fsp3) is 0.818. The Labute approximate surface area is 91.3 Å². The van der Waals surface area contributed by atoms with E-state index in [9.17, 15) is 5.11 Å². The Morgan fingerprint density at radius 2 is 2.20 bits per heavy atom. The molecule has 1 rings (SSSR count). The van der Waals surface area contributed by atoms with Crippen molar-refractivity contribution in [2.24, 2.45) is 0 Å². The van der Waals surface area contributed by atoms with E-state index in [4.69, 9.17) is 9.47 Å². The number of hydrogen-bond acceptors (Lipinski definition) is 4. The number of aliphatic hydroxyl groups excluding tert-OH is 1. The molecule has 88 valence electrons. The van der Waals surface area contributed by atoms with Gasteiger partial charge in [0.25, 0.3) is 0 Å². The van der Waals surface area contributed by atoms with Gasteiger partial charge in [-0.3, -0.25) is 0 Å². The molecule has 0 aromatic heterocycles. The van der Waals surface area contributed by atoms with Crippen molar-refractivity contribution in [2.45, 2.75) is 32.2 Å². The molecule has 2 N–H and O–H groups in total. The topological polar surface area (TPSA) is 50.7 Å². The monoisotopic (exact) mass is 215 g/mol. The van der Waals surface area contributed by atoms with Gasteiger partial charge in [0, 0.05) is 6.54 Å². The summed E-state index contributed by atoms with van der Waals surface area (Å²) >= 11 is 0. The van der Waals surface area contributed by atoms with Crippen LogP contribution in [0.4, 0.5) is 0 Å². The van der Waals surface area contributed by atoms with Gasteiger partial charge in [-0.25, -0.2) is 0 Å². The van der Waals surface area contributed by atoms with Crippen molar-refractivity contribution >= 4 is 0 Å². The molecule has 1 fully saturated rings. The molecule has 1 atom stereocenters. The Kier molecular flexibility index (Phi) is 6.59. The zero-order valence-electron chi connectivity index (χ0n) is 9.32. The standard InChI is InChI=1S/C11H21NO3/c1-2-4-10(13)9-12-6-3-5-11-14-7-8-15-11/h2,4,10-13H,3,5-9H2,1H3/b4-2+. The first-order valence-corrected chi connectivity index (χ1v) is 5.57. The molecular weight excluding hydrogens is 194 g/mol. The van der Waals surface area contributed by atoms with Crippen LogP contribution in [0.1, 0.15) is 19.8 Å². The fourth-order valence-electron chi connectivity index (χ4n) is 1.51. The minimum absolute atomic E-state index is 0.00717. The molecule has 0 aromatic rings. The Morgan fingerprint density at radius 3 is 2.87 bits per heavy atom. The number of nitrogens with one attached hydrogen (secondary N) is 1. The third kappa shape index (κ3) is 5.89. The summed E-state index contributed by atoms with van der Waals surface area (Å²) in [5.74, 6) is 0. The van der Waals surface area contributed by atoms with Crippen molar-refractivity contribution in [1.82, 2.24) is 5.32 Å². The first kappa shape index (κ1) is 12.6. The first-order valence-electron chi connectivity index (χ1n) is 5.57. The van der Waals surface area contributed by atoms with Gasteiger partial charge in [0.05, 0.1) is 19.3 Å². The van der Waals surface area contributed by atoms with Crippen molar-refractivity contribution in [3.05, 3.63) is 12.2 Å². The predicted molar refractivity (Wildman–Crippen MR) is 58.6 cm³/mol. The van der Waals surface area contributed by atoms with E-state index in [1.165, 1.54) is 0 Å². The number of ether oxygens (including phenoxy) is 2. The summed E-state index contributed by atoms with van der Waals surface area (Å²) < 4.78 is 10.6. The van der Waals surface area contributed by atoms with E-state index in [0.717, 1.165) is 32.6 Å². The van der Waals surface area contributed by atoms with Gasteiger partial charge in [0.15, 0.2) is 6.29 Å². The maximum absolute atomic E-state index is 9.36. The quantitative estimate of drug-likeness (QED) is 0.484. The SMILES string of the molecule is C/C=C/C(O)CNCCCC1OCCO1. The highest BCUT2D eigenvalue weighted by Gasteiger charge is 2.14. The summed E-state index contributed by atoms with van der Waals surface area (Å²) in [7, 11) is 0. The average Bonchev–Trinajstić information content (AvgIpc) is 2.70. The molecule has 15 heavy (non-hydrogen) atoms. The molecule has 1 aliphatic heterocycles. The summed E-state index contributed by atoms with van der Waals surface area (Å²) in [6.45, 7) is 4.84. The molecule has 1 saturated heterocycles. The minimum atomic E-state index is -0.381. The van der Waals surface area contributed by atoms with E-state index in [2.05, 4.69) is 5.32 Å². The Balaban J connectivity index is 1.88. The highest BCUT2D eigenvalue weighted by Crippen LogP contribution is 2.09. The van der Waals surface area contributed by atoms with Gasteiger partial charge in [-0.1, -0.05) is 12.2 Å². The number of allylic oxidation sites excluding steroid dienone is 1. The van der Waals surface area contributed by atoms with Crippen LogP contribution >= 0.6 is 0 Å². The lowest BCUT2D eigenvalue weighted by molar-refractivity contribution is -0.0475. The molecule has 0 radical (unpaired) electrons. The molecule has 4 nitrogen and oxygen atoms in total. The second-order valence-electron chi connectivity index (χ2n) is 3.61. The summed E-state index contributed by atoms with van der Waals surface area (Å²) in [5.41, 5.74) is 0. The van der Waals surface area contributed by atoms with Gasteiger partial charge in [-0.2, -0.15) is 0 Å². The summed E-state index contributed by atoms with van der Waals surface area (Å²) in [4.78, 5) is 0. The predicted octanol–water partition coefficient (Wildman–Crippen LogP) is 0.666. The number of rotatable bonds is 7. The Hall–Kier alpha value is -0.420. The molecule has 0 aliphatic carbocycles. The summed E-state index contributed by atoms with van der Waals surface area (Å²) in [6, 6.07) is 0. The van der Waals surface area contributed by atoms with Crippen LogP contribution in [0.15, 0.2) is 12.2 Å². The number of hydrogen-bond donors (Lipinski definition) is 2.